The first-order valence-electron chi connectivity index (χ1n) is 10.1. The minimum atomic E-state index is 0.297. The fraction of sp³-hybridized carbons (Fsp3) is 0.800. The van der Waals surface area contributed by atoms with Crippen molar-refractivity contribution >= 4 is 17.2 Å². The molecule has 0 spiro atoms. The molecule has 0 aromatic carbocycles. The van der Waals surface area contributed by atoms with Gasteiger partial charge in [0.05, 0.1) is 6.54 Å². The molecule has 1 amide bonds. The van der Waals surface area contributed by atoms with Gasteiger partial charge < -0.3 is 4.90 Å². The number of hydrogen-bond donors (Lipinski definition) is 0. The van der Waals surface area contributed by atoms with Crippen LogP contribution in [-0.4, -0.2) is 46.9 Å². The highest BCUT2D eigenvalue weighted by Crippen LogP contribution is 2.33. The minimum absolute atomic E-state index is 0.297. The van der Waals surface area contributed by atoms with Gasteiger partial charge in [0.1, 0.15) is 5.01 Å². The second kappa shape index (κ2) is 9.13. The van der Waals surface area contributed by atoms with Crippen LogP contribution in [0.5, 0.6) is 0 Å². The van der Waals surface area contributed by atoms with Crippen molar-refractivity contribution in [1.82, 2.24) is 14.8 Å². The molecule has 2 aliphatic rings. The van der Waals surface area contributed by atoms with Crippen LogP contribution in [0, 0.1) is 18.8 Å². The number of rotatable bonds is 6. The topological polar surface area (TPSA) is 36.4 Å². The maximum Gasteiger partial charge on any atom is 0.225 e. The third-order valence-electron chi connectivity index (χ3n) is 5.87. The Kier molecular flexibility index (Phi) is 6.88. The van der Waals surface area contributed by atoms with E-state index in [2.05, 4.69) is 27.1 Å². The number of thiazole rings is 1. The fourth-order valence-electron chi connectivity index (χ4n) is 4.24. The minimum Gasteiger partial charge on any atom is -0.340 e. The van der Waals surface area contributed by atoms with Crippen LogP contribution in [0.1, 0.15) is 62.6 Å². The molecule has 1 aliphatic heterocycles. The number of piperazine rings is 1. The van der Waals surface area contributed by atoms with Crippen molar-refractivity contribution in [2.45, 2.75) is 65.3 Å². The predicted octanol–water partition coefficient (Wildman–Crippen LogP) is 4.09. The summed E-state index contributed by atoms with van der Waals surface area (Å²) in [6, 6.07) is 0. The van der Waals surface area contributed by atoms with Crippen LogP contribution in [0.15, 0.2) is 5.38 Å². The van der Waals surface area contributed by atoms with E-state index in [1.807, 2.05) is 6.92 Å². The summed E-state index contributed by atoms with van der Waals surface area (Å²) >= 11 is 1.75. The molecule has 0 unspecified atom stereocenters. The molecular formula is C20H33N3OS. The van der Waals surface area contributed by atoms with Gasteiger partial charge in [0.15, 0.2) is 0 Å². The van der Waals surface area contributed by atoms with Crippen LogP contribution in [0.4, 0.5) is 0 Å². The van der Waals surface area contributed by atoms with Gasteiger partial charge in [-0.1, -0.05) is 26.2 Å². The maximum absolute atomic E-state index is 12.8. The van der Waals surface area contributed by atoms with E-state index in [-0.39, 0.29) is 0 Å². The van der Waals surface area contributed by atoms with Crippen molar-refractivity contribution in [1.29, 1.82) is 0 Å². The van der Waals surface area contributed by atoms with Crippen LogP contribution >= 0.6 is 11.3 Å². The average Bonchev–Trinajstić information content (AvgIpc) is 3.05. The second-order valence-electron chi connectivity index (χ2n) is 7.84. The highest BCUT2D eigenvalue weighted by atomic mass is 32.1. The number of carbonyl (C=O) groups excluding carboxylic acids is 1. The Labute approximate surface area is 156 Å². The summed E-state index contributed by atoms with van der Waals surface area (Å²) in [5.41, 5.74) is 1.11. The van der Waals surface area contributed by atoms with Crippen molar-refractivity contribution in [3.63, 3.8) is 0 Å². The Bertz CT molecular complexity index is 543. The predicted molar refractivity (Wildman–Crippen MR) is 104 cm³/mol. The summed E-state index contributed by atoms with van der Waals surface area (Å²) in [7, 11) is 0. The number of hydrogen-bond acceptors (Lipinski definition) is 4. The van der Waals surface area contributed by atoms with E-state index in [0.29, 0.717) is 11.8 Å². The average molecular weight is 364 g/mol. The van der Waals surface area contributed by atoms with Crippen molar-refractivity contribution in [3.8, 4) is 0 Å². The molecule has 25 heavy (non-hydrogen) atoms. The smallest absolute Gasteiger partial charge is 0.225 e. The molecular weight excluding hydrogens is 330 g/mol. The highest BCUT2D eigenvalue weighted by molar-refractivity contribution is 7.09. The van der Waals surface area contributed by atoms with Crippen LogP contribution in [0.25, 0.3) is 0 Å². The molecule has 1 saturated carbocycles. The summed E-state index contributed by atoms with van der Waals surface area (Å²) < 4.78 is 0. The number of unbranched alkanes of at least 4 members (excludes halogenated alkanes) is 1. The first-order valence-corrected chi connectivity index (χ1v) is 11.0. The molecule has 1 aliphatic carbocycles. The van der Waals surface area contributed by atoms with E-state index >= 15 is 0 Å². The van der Waals surface area contributed by atoms with Gasteiger partial charge in [0.25, 0.3) is 0 Å². The molecule has 0 atom stereocenters. The van der Waals surface area contributed by atoms with Gasteiger partial charge in [-0.25, -0.2) is 4.98 Å². The molecule has 1 aromatic rings. The summed E-state index contributed by atoms with van der Waals surface area (Å²) in [5.74, 6) is 1.60. The van der Waals surface area contributed by atoms with Gasteiger partial charge in [-0.2, -0.15) is 0 Å². The number of amides is 1. The third-order valence-corrected chi connectivity index (χ3v) is 6.82. The molecule has 2 fully saturated rings. The molecule has 0 N–H and O–H groups in total. The Balaban J connectivity index is 1.40. The largest absolute Gasteiger partial charge is 0.340 e. The summed E-state index contributed by atoms with van der Waals surface area (Å²) in [4.78, 5) is 22.0. The molecule has 3 rings (SSSR count). The molecule has 0 bridgehead atoms. The van der Waals surface area contributed by atoms with Crippen LogP contribution in [-0.2, 0) is 11.3 Å². The van der Waals surface area contributed by atoms with E-state index in [1.165, 1.54) is 37.1 Å². The normalized spacial score (nSPS) is 25.3. The Morgan fingerprint density at radius 3 is 2.52 bits per heavy atom. The van der Waals surface area contributed by atoms with E-state index in [4.69, 9.17) is 0 Å². The van der Waals surface area contributed by atoms with E-state index in [1.54, 1.807) is 11.3 Å². The van der Waals surface area contributed by atoms with Gasteiger partial charge in [-0.3, -0.25) is 9.69 Å². The molecule has 5 heteroatoms. The van der Waals surface area contributed by atoms with Gasteiger partial charge in [-0.15, -0.1) is 11.3 Å². The SMILES string of the molecule is CCCCC1CCC(C(=O)N2CCN(Cc3nc(C)cs3)CC2)CC1. The first-order chi connectivity index (χ1) is 12.2. The Hall–Kier alpha value is -0.940. The van der Waals surface area contributed by atoms with Gasteiger partial charge in [0.2, 0.25) is 5.91 Å². The van der Waals surface area contributed by atoms with Crippen molar-refractivity contribution < 1.29 is 4.79 Å². The summed E-state index contributed by atoms with van der Waals surface area (Å²) in [5, 5.41) is 3.31. The fourth-order valence-corrected chi connectivity index (χ4v) is 5.06. The molecule has 2 heterocycles. The number of nitrogens with zero attached hydrogens (tertiary/aromatic N) is 3. The van der Waals surface area contributed by atoms with Gasteiger partial charge >= 0.3 is 0 Å². The van der Waals surface area contributed by atoms with E-state index < -0.39 is 0 Å². The van der Waals surface area contributed by atoms with E-state index in [9.17, 15) is 4.79 Å². The molecule has 1 aromatic heterocycles. The standard InChI is InChI=1S/C20H33N3OS/c1-3-4-5-17-6-8-18(9-7-17)20(24)23-12-10-22(11-13-23)14-19-21-16(2)15-25-19/h15,17-18H,3-14H2,1-2H3. The third kappa shape index (κ3) is 5.27. The summed E-state index contributed by atoms with van der Waals surface area (Å²) in [6.45, 7) is 8.99. The molecule has 140 valence electrons. The molecule has 0 radical (unpaired) electrons. The monoisotopic (exact) mass is 363 g/mol. The Morgan fingerprint density at radius 1 is 1.20 bits per heavy atom. The lowest BCUT2D eigenvalue weighted by atomic mass is 9.79. The second-order valence-corrected chi connectivity index (χ2v) is 8.79. The van der Waals surface area contributed by atoms with Gasteiger partial charge in [-0.05, 0) is 38.5 Å². The molecule has 4 nitrogen and oxygen atoms in total. The zero-order valence-electron chi connectivity index (χ0n) is 15.9. The molecule has 1 saturated heterocycles. The van der Waals surface area contributed by atoms with Crippen molar-refractivity contribution in [3.05, 3.63) is 16.1 Å². The lowest BCUT2D eigenvalue weighted by Gasteiger charge is -2.37. The number of carbonyl (C=O) groups is 1. The lowest BCUT2D eigenvalue weighted by Crippen LogP contribution is -2.50. The lowest BCUT2D eigenvalue weighted by molar-refractivity contribution is -0.138. The van der Waals surface area contributed by atoms with Crippen molar-refractivity contribution in [2.75, 3.05) is 26.2 Å². The van der Waals surface area contributed by atoms with Crippen molar-refractivity contribution in [2.24, 2.45) is 11.8 Å². The maximum atomic E-state index is 12.8. The summed E-state index contributed by atoms with van der Waals surface area (Å²) in [6.07, 6.45) is 8.77. The van der Waals surface area contributed by atoms with Gasteiger partial charge in [0, 0.05) is 43.2 Å². The zero-order chi connectivity index (χ0) is 17.6. The zero-order valence-corrected chi connectivity index (χ0v) is 16.7. The van der Waals surface area contributed by atoms with Crippen LogP contribution < -0.4 is 0 Å². The van der Waals surface area contributed by atoms with Crippen LogP contribution in [0.2, 0.25) is 0 Å². The first kappa shape index (κ1) is 18.8. The van der Waals surface area contributed by atoms with E-state index in [0.717, 1.165) is 57.2 Å². The Morgan fingerprint density at radius 2 is 1.92 bits per heavy atom. The van der Waals surface area contributed by atoms with Crippen LogP contribution in [0.3, 0.4) is 0 Å². The highest BCUT2D eigenvalue weighted by Gasteiger charge is 2.30. The number of aromatic nitrogens is 1. The number of aryl methyl sites for hydroxylation is 1. The quantitative estimate of drug-likeness (QED) is 0.764.